The monoisotopic (exact) mass is 330 g/mol. The van der Waals surface area contributed by atoms with Crippen LogP contribution in [0.1, 0.15) is 13.3 Å². The van der Waals surface area contributed by atoms with Crippen LogP contribution in [-0.2, 0) is 4.79 Å². The molecule has 10 heteroatoms. The summed E-state index contributed by atoms with van der Waals surface area (Å²) < 4.78 is 5.19. The molecule has 1 aromatic carbocycles. The van der Waals surface area contributed by atoms with Gasteiger partial charge >= 0.3 is 5.69 Å². The largest absolute Gasteiger partial charge is 0.487 e. The zero-order chi connectivity index (χ0) is 16.7. The van der Waals surface area contributed by atoms with E-state index in [2.05, 4.69) is 0 Å². The molecule has 22 heavy (non-hydrogen) atoms. The first-order chi connectivity index (χ1) is 10.3. The smallest absolute Gasteiger partial charge is 0.317 e. The molecule has 0 saturated carbocycles. The summed E-state index contributed by atoms with van der Waals surface area (Å²) in [7, 11) is 0. The molecule has 0 bridgehead atoms. The summed E-state index contributed by atoms with van der Waals surface area (Å²) in [5, 5.41) is 31.0. The molecule has 1 N–H and O–H groups in total. The van der Waals surface area contributed by atoms with Gasteiger partial charge in [-0.25, -0.2) is 0 Å². The Hall–Kier alpha value is -2.20. The van der Waals surface area contributed by atoms with Crippen LogP contribution in [0.4, 0.5) is 11.4 Å². The molecule has 0 amide bonds. The van der Waals surface area contributed by atoms with E-state index in [9.17, 15) is 30.1 Å². The number of ether oxygens (including phenoxy) is 1. The summed E-state index contributed by atoms with van der Waals surface area (Å²) >= 11 is 0.971. The molecule has 0 aliphatic rings. The van der Waals surface area contributed by atoms with Gasteiger partial charge in [-0.1, -0.05) is 11.8 Å². The maximum atomic E-state index is 10.9. The van der Waals surface area contributed by atoms with Crippen molar-refractivity contribution in [2.24, 2.45) is 0 Å². The van der Waals surface area contributed by atoms with E-state index in [1.807, 2.05) is 0 Å². The van der Waals surface area contributed by atoms with Gasteiger partial charge in [-0.2, -0.15) is 0 Å². The van der Waals surface area contributed by atoms with Crippen molar-refractivity contribution in [2.45, 2.75) is 19.4 Å². The van der Waals surface area contributed by atoms with Crippen molar-refractivity contribution in [3.05, 3.63) is 38.4 Å². The molecule has 1 rings (SSSR count). The van der Waals surface area contributed by atoms with Gasteiger partial charge in [-0.15, -0.1) is 0 Å². The van der Waals surface area contributed by atoms with Gasteiger partial charge in [0.2, 0.25) is 0 Å². The third kappa shape index (κ3) is 5.66. The summed E-state index contributed by atoms with van der Waals surface area (Å²) in [6.45, 7) is 1.37. The predicted octanol–water partition coefficient (Wildman–Crippen LogP) is 1.91. The molecule has 0 saturated heterocycles. The lowest BCUT2D eigenvalue weighted by Crippen LogP contribution is -2.15. The van der Waals surface area contributed by atoms with E-state index in [4.69, 9.17) is 4.74 Å². The molecule has 0 aromatic heterocycles. The number of thioether (sulfide) groups is 1. The van der Waals surface area contributed by atoms with Crippen molar-refractivity contribution in [2.75, 3.05) is 12.4 Å². The molecule has 0 radical (unpaired) electrons. The van der Waals surface area contributed by atoms with Crippen molar-refractivity contribution in [1.82, 2.24) is 0 Å². The lowest BCUT2D eigenvalue weighted by Gasteiger charge is -2.10. The zero-order valence-corrected chi connectivity index (χ0v) is 12.4. The Balaban J connectivity index is 2.63. The molecule has 120 valence electrons. The van der Waals surface area contributed by atoms with Crippen molar-refractivity contribution in [3.63, 3.8) is 0 Å². The average molecular weight is 330 g/mol. The molecule has 0 aliphatic heterocycles. The summed E-state index contributed by atoms with van der Waals surface area (Å²) in [4.78, 5) is 30.7. The Morgan fingerprint density at radius 1 is 1.36 bits per heavy atom. The van der Waals surface area contributed by atoms with Crippen LogP contribution < -0.4 is 4.74 Å². The van der Waals surface area contributed by atoms with Gasteiger partial charge in [0.05, 0.1) is 28.6 Å². The fraction of sp³-hybridized carbons (Fsp3) is 0.417. The zero-order valence-electron chi connectivity index (χ0n) is 11.6. The SMILES string of the molecule is CC(=O)SCC(O)CCOc1ccc([N+](=O)[O-])cc1[N+](=O)[O-]. The van der Waals surface area contributed by atoms with Gasteiger partial charge in [0, 0.05) is 25.2 Å². The standard InChI is InChI=1S/C12H14N2O7S/c1-8(15)22-7-10(16)4-5-21-12-3-2-9(13(17)18)6-11(12)14(19)20/h2-3,6,10,16H,4-5,7H2,1H3. The van der Waals surface area contributed by atoms with E-state index in [0.717, 1.165) is 30.0 Å². The van der Waals surface area contributed by atoms with Crippen molar-refractivity contribution in [3.8, 4) is 5.75 Å². The third-order valence-electron chi connectivity index (χ3n) is 2.54. The topological polar surface area (TPSA) is 133 Å². The number of hydrogen-bond acceptors (Lipinski definition) is 8. The van der Waals surface area contributed by atoms with Crippen molar-refractivity contribution in [1.29, 1.82) is 0 Å². The number of nitro groups is 2. The second-order valence-electron chi connectivity index (χ2n) is 4.26. The van der Waals surface area contributed by atoms with Crippen LogP contribution in [0.2, 0.25) is 0 Å². The molecule has 0 fully saturated rings. The van der Waals surface area contributed by atoms with Crippen molar-refractivity contribution < 1.29 is 24.5 Å². The van der Waals surface area contributed by atoms with E-state index < -0.39 is 27.3 Å². The molecule has 1 atom stereocenters. The Bertz CT molecular complexity index is 579. The van der Waals surface area contributed by atoms with Gasteiger partial charge in [0.1, 0.15) is 0 Å². The highest BCUT2D eigenvalue weighted by atomic mass is 32.2. The van der Waals surface area contributed by atoms with Crippen LogP contribution in [0.5, 0.6) is 5.75 Å². The first-order valence-electron chi connectivity index (χ1n) is 6.18. The van der Waals surface area contributed by atoms with E-state index in [1.54, 1.807) is 0 Å². The lowest BCUT2D eigenvalue weighted by molar-refractivity contribution is -0.394. The number of rotatable bonds is 8. The highest BCUT2D eigenvalue weighted by Crippen LogP contribution is 2.31. The Morgan fingerprint density at radius 3 is 2.59 bits per heavy atom. The van der Waals surface area contributed by atoms with Crippen LogP contribution in [-0.4, -0.2) is 38.5 Å². The molecular weight excluding hydrogens is 316 g/mol. The molecule has 0 aliphatic carbocycles. The summed E-state index contributed by atoms with van der Waals surface area (Å²) in [6, 6.07) is 3.06. The van der Waals surface area contributed by atoms with Gasteiger partial charge in [-0.05, 0) is 6.07 Å². The molecule has 9 nitrogen and oxygen atoms in total. The number of nitro benzene ring substituents is 2. The van der Waals surface area contributed by atoms with E-state index in [-0.39, 0.29) is 29.6 Å². The number of aliphatic hydroxyl groups is 1. The van der Waals surface area contributed by atoms with Gasteiger partial charge in [0.15, 0.2) is 10.9 Å². The second-order valence-corrected chi connectivity index (χ2v) is 5.46. The lowest BCUT2D eigenvalue weighted by atomic mass is 10.2. The first-order valence-corrected chi connectivity index (χ1v) is 7.17. The van der Waals surface area contributed by atoms with Crippen LogP contribution in [0.25, 0.3) is 0 Å². The summed E-state index contributed by atoms with van der Waals surface area (Å²) in [5.41, 5.74) is -0.918. The number of aliphatic hydroxyl groups excluding tert-OH is 1. The minimum absolute atomic E-state index is 0.0156. The Kier molecular flexibility index (Phi) is 6.73. The second kappa shape index (κ2) is 8.29. The van der Waals surface area contributed by atoms with Gasteiger partial charge < -0.3 is 9.84 Å². The fourth-order valence-electron chi connectivity index (χ4n) is 1.49. The van der Waals surface area contributed by atoms with Crippen molar-refractivity contribution >= 4 is 28.3 Å². The third-order valence-corrected chi connectivity index (χ3v) is 3.50. The molecular formula is C12H14N2O7S. The van der Waals surface area contributed by atoms with E-state index >= 15 is 0 Å². The first kappa shape index (κ1) is 17.9. The summed E-state index contributed by atoms with van der Waals surface area (Å²) in [5.74, 6) is 0.100. The minimum Gasteiger partial charge on any atom is -0.487 e. The van der Waals surface area contributed by atoms with Crippen LogP contribution >= 0.6 is 11.8 Å². The molecule has 1 aromatic rings. The molecule has 0 heterocycles. The molecule has 1 unspecified atom stereocenters. The number of nitrogens with zero attached hydrogens (tertiary/aromatic N) is 2. The average Bonchev–Trinajstić information content (AvgIpc) is 2.44. The number of benzene rings is 1. The highest BCUT2D eigenvalue weighted by Gasteiger charge is 2.20. The molecule has 0 spiro atoms. The van der Waals surface area contributed by atoms with Gasteiger partial charge in [0.25, 0.3) is 5.69 Å². The van der Waals surface area contributed by atoms with Crippen LogP contribution in [0.15, 0.2) is 18.2 Å². The van der Waals surface area contributed by atoms with E-state index in [0.29, 0.717) is 0 Å². The fourth-order valence-corrected chi connectivity index (χ4v) is 2.08. The maximum Gasteiger partial charge on any atom is 0.317 e. The Morgan fingerprint density at radius 2 is 2.05 bits per heavy atom. The summed E-state index contributed by atoms with van der Waals surface area (Å²) in [6.07, 6.45) is -0.611. The number of hydrogen-bond donors (Lipinski definition) is 1. The van der Waals surface area contributed by atoms with Crippen LogP contribution in [0.3, 0.4) is 0 Å². The maximum absolute atomic E-state index is 10.9. The van der Waals surface area contributed by atoms with Gasteiger partial charge in [-0.3, -0.25) is 25.0 Å². The highest BCUT2D eigenvalue weighted by molar-refractivity contribution is 8.13. The Labute approximate surface area is 129 Å². The normalized spacial score (nSPS) is 11.7. The number of carbonyl (C=O) groups excluding carboxylic acids is 1. The van der Waals surface area contributed by atoms with E-state index in [1.165, 1.54) is 6.92 Å². The number of carbonyl (C=O) groups is 1. The quantitative estimate of drug-likeness (QED) is 0.564. The predicted molar refractivity (Wildman–Crippen MR) is 79.0 cm³/mol. The minimum atomic E-state index is -0.786. The number of non-ortho nitro benzene ring substituents is 1. The van der Waals surface area contributed by atoms with Crippen LogP contribution in [0, 0.1) is 20.2 Å².